The minimum absolute atomic E-state index is 0.851. The molecule has 11 heavy (non-hydrogen) atoms. The number of hydrogen-bond donors (Lipinski definition) is 3. The maximum absolute atomic E-state index is 4.14. The Kier molecular flexibility index (Phi) is 4.99. The van der Waals surface area contributed by atoms with Crippen molar-refractivity contribution in [3.63, 3.8) is 0 Å². The SMILES string of the molecule is SCCNCC1CCCNC1. The van der Waals surface area contributed by atoms with E-state index in [9.17, 15) is 0 Å². The van der Waals surface area contributed by atoms with Crippen LogP contribution in [0.25, 0.3) is 0 Å². The van der Waals surface area contributed by atoms with Gasteiger partial charge in [0.15, 0.2) is 0 Å². The summed E-state index contributed by atoms with van der Waals surface area (Å²) in [7, 11) is 0. The normalized spacial score (nSPS) is 25.4. The highest BCUT2D eigenvalue weighted by atomic mass is 32.1. The molecule has 2 nitrogen and oxygen atoms in total. The Morgan fingerprint density at radius 3 is 3.09 bits per heavy atom. The van der Waals surface area contributed by atoms with Crippen molar-refractivity contribution in [2.24, 2.45) is 5.92 Å². The van der Waals surface area contributed by atoms with Gasteiger partial charge < -0.3 is 10.6 Å². The highest BCUT2D eigenvalue weighted by Crippen LogP contribution is 2.07. The quantitative estimate of drug-likeness (QED) is 0.427. The predicted molar refractivity (Wildman–Crippen MR) is 52.3 cm³/mol. The van der Waals surface area contributed by atoms with Crippen molar-refractivity contribution >= 4 is 12.6 Å². The second-order valence-electron chi connectivity index (χ2n) is 3.14. The van der Waals surface area contributed by atoms with E-state index in [1.165, 1.54) is 25.9 Å². The Hall–Kier alpha value is 0.270. The van der Waals surface area contributed by atoms with E-state index in [-0.39, 0.29) is 0 Å². The number of piperidine rings is 1. The summed E-state index contributed by atoms with van der Waals surface area (Å²) < 4.78 is 0. The Morgan fingerprint density at radius 2 is 2.45 bits per heavy atom. The number of hydrogen-bond acceptors (Lipinski definition) is 3. The molecule has 1 aliphatic rings. The summed E-state index contributed by atoms with van der Waals surface area (Å²) in [6.07, 6.45) is 2.72. The molecule has 66 valence electrons. The van der Waals surface area contributed by atoms with E-state index in [4.69, 9.17) is 0 Å². The fourth-order valence-corrected chi connectivity index (χ4v) is 1.64. The van der Waals surface area contributed by atoms with Gasteiger partial charge in [-0.05, 0) is 38.4 Å². The van der Waals surface area contributed by atoms with E-state index in [0.717, 1.165) is 24.8 Å². The molecule has 2 N–H and O–H groups in total. The first-order valence-corrected chi connectivity index (χ1v) is 5.09. The lowest BCUT2D eigenvalue weighted by Gasteiger charge is -2.22. The molecule has 1 saturated heterocycles. The third kappa shape index (κ3) is 3.99. The molecule has 1 unspecified atom stereocenters. The van der Waals surface area contributed by atoms with Crippen LogP contribution >= 0.6 is 12.6 Å². The van der Waals surface area contributed by atoms with Gasteiger partial charge in [0.05, 0.1) is 0 Å². The monoisotopic (exact) mass is 174 g/mol. The van der Waals surface area contributed by atoms with E-state index in [2.05, 4.69) is 23.3 Å². The zero-order valence-corrected chi connectivity index (χ0v) is 7.87. The molecule has 0 amide bonds. The molecule has 1 rings (SSSR count). The van der Waals surface area contributed by atoms with Crippen LogP contribution in [0.3, 0.4) is 0 Å². The average Bonchev–Trinajstić information content (AvgIpc) is 2.07. The second-order valence-corrected chi connectivity index (χ2v) is 3.59. The molecule has 1 fully saturated rings. The van der Waals surface area contributed by atoms with Crippen molar-refractivity contribution in [1.29, 1.82) is 0 Å². The van der Waals surface area contributed by atoms with E-state index in [0.29, 0.717) is 0 Å². The lowest BCUT2D eigenvalue weighted by Crippen LogP contribution is -2.36. The van der Waals surface area contributed by atoms with E-state index in [1.54, 1.807) is 0 Å². The van der Waals surface area contributed by atoms with Crippen LogP contribution in [-0.4, -0.2) is 31.9 Å². The van der Waals surface area contributed by atoms with Gasteiger partial charge in [0, 0.05) is 12.3 Å². The standard InChI is InChI=1S/C8H18N2S/c11-5-4-10-7-8-2-1-3-9-6-8/h8-11H,1-7H2. The largest absolute Gasteiger partial charge is 0.316 e. The lowest BCUT2D eigenvalue weighted by atomic mass is 10.00. The van der Waals surface area contributed by atoms with Gasteiger partial charge in [-0.2, -0.15) is 12.6 Å². The molecule has 0 aromatic carbocycles. The van der Waals surface area contributed by atoms with Crippen molar-refractivity contribution in [1.82, 2.24) is 10.6 Å². The summed E-state index contributed by atoms with van der Waals surface area (Å²) in [4.78, 5) is 0. The fraction of sp³-hybridized carbons (Fsp3) is 1.00. The summed E-state index contributed by atoms with van der Waals surface area (Å²) in [5.41, 5.74) is 0. The maximum atomic E-state index is 4.14. The molecule has 1 atom stereocenters. The van der Waals surface area contributed by atoms with Crippen LogP contribution < -0.4 is 10.6 Å². The van der Waals surface area contributed by atoms with Crippen molar-refractivity contribution in [3.05, 3.63) is 0 Å². The average molecular weight is 174 g/mol. The van der Waals surface area contributed by atoms with Gasteiger partial charge in [-0.1, -0.05) is 0 Å². The minimum Gasteiger partial charge on any atom is -0.316 e. The molecule has 0 aliphatic carbocycles. The van der Waals surface area contributed by atoms with E-state index < -0.39 is 0 Å². The molecule has 0 bridgehead atoms. The van der Waals surface area contributed by atoms with Crippen LogP contribution in [0.15, 0.2) is 0 Å². The molecule has 0 saturated carbocycles. The van der Waals surface area contributed by atoms with Gasteiger partial charge in [0.25, 0.3) is 0 Å². The summed E-state index contributed by atoms with van der Waals surface area (Å²) in [5.74, 6) is 1.80. The van der Waals surface area contributed by atoms with Crippen LogP contribution in [0, 0.1) is 5.92 Å². The van der Waals surface area contributed by atoms with Gasteiger partial charge >= 0.3 is 0 Å². The second kappa shape index (κ2) is 5.86. The first kappa shape index (κ1) is 9.36. The van der Waals surface area contributed by atoms with Gasteiger partial charge in [-0.3, -0.25) is 0 Å². The van der Waals surface area contributed by atoms with Gasteiger partial charge in [0.1, 0.15) is 0 Å². The van der Waals surface area contributed by atoms with Crippen molar-refractivity contribution in [3.8, 4) is 0 Å². The molecule has 0 spiro atoms. The van der Waals surface area contributed by atoms with Gasteiger partial charge in [-0.15, -0.1) is 0 Å². The molecule has 3 heteroatoms. The van der Waals surface area contributed by atoms with E-state index >= 15 is 0 Å². The third-order valence-electron chi connectivity index (χ3n) is 2.12. The molecule has 0 radical (unpaired) electrons. The first-order chi connectivity index (χ1) is 5.43. The maximum Gasteiger partial charge on any atom is 0.00398 e. The zero-order valence-electron chi connectivity index (χ0n) is 6.97. The number of rotatable bonds is 4. The lowest BCUT2D eigenvalue weighted by molar-refractivity contribution is 0.363. The molecular weight excluding hydrogens is 156 g/mol. The topological polar surface area (TPSA) is 24.1 Å². The fourth-order valence-electron chi connectivity index (χ4n) is 1.48. The van der Waals surface area contributed by atoms with Gasteiger partial charge in [0.2, 0.25) is 0 Å². The van der Waals surface area contributed by atoms with Gasteiger partial charge in [-0.25, -0.2) is 0 Å². The Labute approximate surface area is 74.5 Å². The van der Waals surface area contributed by atoms with Crippen molar-refractivity contribution < 1.29 is 0 Å². The van der Waals surface area contributed by atoms with Crippen molar-refractivity contribution in [2.75, 3.05) is 31.9 Å². The third-order valence-corrected chi connectivity index (χ3v) is 2.34. The Bertz CT molecular complexity index is 92.1. The van der Waals surface area contributed by atoms with Crippen LogP contribution in [0.4, 0.5) is 0 Å². The van der Waals surface area contributed by atoms with Crippen LogP contribution in [-0.2, 0) is 0 Å². The van der Waals surface area contributed by atoms with Crippen molar-refractivity contribution in [2.45, 2.75) is 12.8 Å². The smallest absolute Gasteiger partial charge is 0.00398 e. The van der Waals surface area contributed by atoms with Crippen LogP contribution in [0.1, 0.15) is 12.8 Å². The van der Waals surface area contributed by atoms with Crippen LogP contribution in [0.5, 0.6) is 0 Å². The Balaban J connectivity index is 1.96. The summed E-state index contributed by atoms with van der Waals surface area (Å²) in [6.45, 7) is 4.61. The predicted octanol–water partition coefficient (Wildman–Crippen LogP) is 0.505. The first-order valence-electron chi connectivity index (χ1n) is 4.46. The summed E-state index contributed by atoms with van der Waals surface area (Å²) >= 11 is 4.14. The molecule has 1 aliphatic heterocycles. The summed E-state index contributed by atoms with van der Waals surface area (Å²) in [5, 5.41) is 6.79. The zero-order chi connectivity index (χ0) is 7.94. The molecule has 1 heterocycles. The van der Waals surface area contributed by atoms with E-state index in [1.807, 2.05) is 0 Å². The molecular formula is C8H18N2S. The minimum atomic E-state index is 0.851. The van der Waals surface area contributed by atoms with Crippen LogP contribution in [0.2, 0.25) is 0 Å². The highest BCUT2D eigenvalue weighted by molar-refractivity contribution is 7.80. The number of thiol groups is 1. The Morgan fingerprint density at radius 1 is 1.55 bits per heavy atom. The number of nitrogens with one attached hydrogen (secondary N) is 2. The molecule has 0 aromatic rings. The highest BCUT2D eigenvalue weighted by Gasteiger charge is 2.11. The summed E-state index contributed by atoms with van der Waals surface area (Å²) in [6, 6.07) is 0. The molecule has 0 aromatic heterocycles.